The van der Waals surface area contributed by atoms with Crippen LogP contribution >= 0.6 is 0 Å². The average Bonchev–Trinajstić information content (AvgIpc) is 3.23. The molecule has 0 unspecified atom stereocenters. The predicted molar refractivity (Wildman–Crippen MR) is 112 cm³/mol. The SMILES string of the molecule is O=C(N[C@H]1CCCC[C@@H]1O)c1ccc(-c2cccc(CN3CCCC3)c2)cc1. The number of aliphatic hydroxyl groups excluding tert-OH is 1. The van der Waals surface area contributed by atoms with E-state index in [1.54, 1.807) is 0 Å². The Morgan fingerprint density at radius 1 is 0.964 bits per heavy atom. The lowest BCUT2D eigenvalue weighted by Crippen LogP contribution is -2.45. The number of carbonyl (C=O) groups excluding carboxylic acids is 1. The van der Waals surface area contributed by atoms with Gasteiger partial charge in [-0.15, -0.1) is 0 Å². The number of rotatable bonds is 5. The predicted octanol–water partition coefficient (Wildman–Crippen LogP) is 3.98. The van der Waals surface area contributed by atoms with Gasteiger partial charge in [0.2, 0.25) is 0 Å². The van der Waals surface area contributed by atoms with E-state index in [0.29, 0.717) is 5.56 Å². The molecule has 1 saturated carbocycles. The van der Waals surface area contributed by atoms with Gasteiger partial charge in [-0.25, -0.2) is 0 Å². The molecule has 0 spiro atoms. The highest BCUT2D eigenvalue weighted by molar-refractivity contribution is 5.94. The molecule has 1 aliphatic carbocycles. The molecule has 0 aromatic heterocycles. The van der Waals surface area contributed by atoms with E-state index in [-0.39, 0.29) is 11.9 Å². The summed E-state index contributed by atoms with van der Waals surface area (Å²) >= 11 is 0. The van der Waals surface area contributed by atoms with Crippen LogP contribution in [0.2, 0.25) is 0 Å². The van der Waals surface area contributed by atoms with Gasteiger partial charge in [-0.05, 0) is 73.7 Å². The topological polar surface area (TPSA) is 52.6 Å². The fraction of sp³-hybridized carbons (Fsp3) is 0.458. The van der Waals surface area contributed by atoms with Crippen molar-refractivity contribution in [3.05, 3.63) is 59.7 Å². The minimum absolute atomic E-state index is 0.0970. The molecule has 2 atom stereocenters. The third-order valence-electron chi connectivity index (χ3n) is 6.06. The second kappa shape index (κ2) is 8.89. The Bertz CT molecular complexity index is 797. The Morgan fingerprint density at radius 2 is 1.71 bits per heavy atom. The first kappa shape index (κ1) is 19.2. The minimum atomic E-state index is -0.421. The maximum absolute atomic E-state index is 12.5. The van der Waals surface area contributed by atoms with Gasteiger partial charge in [0.25, 0.3) is 5.91 Å². The lowest BCUT2D eigenvalue weighted by molar-refractivity contribution is 0.0717. The first-order valence-electron chi connectivity index (χ1n) is 10.6. The fourth-order valence-electron chi connectivity index (χ4n) is 4.39. The number of amides is 1. The fourth-order valence-corrected chi connectivity index (χ4v) is 4.39. The van der Waals surface area contributed by atoms with E-state index in [9.17, 15) is 9.90 Å². The van der Waals surface area contributed by atoms with Crippen molar-refractivity contribution < 1.29 is 9.90 Å². The molecule has 0 bridgehead atoms. The van der Waals surface area contributed by atoms with Crippen LogP contribution in [0.15, 0.2) is 48.5 Å². The van der Waals surface area contributed by atoms with Crippen molar-refractivity contribution in [2.75, 3.05) is 13.1 Å². The molecule has 2 aromatic rings. The quantitative estimate of drug-likeness (QED) is 0.827. The van der Waals surface area contributed by atoms with Gasteiger partial charge in [-0.2, -0.15) is 0 Å². The minimum Gasteiger partial charge on any atom is -0.391 e. The molecule has 1 aliphatic heterocycles. The normalized spacial score (nSPS) is 22.9. The van der Waals surface area contributed by atoms with E-state index in [4.69, 9.17) is 0 Å². The van der Waals surface area contributed by atoms with E-state index in [1.807, 2.05) is 24.3 Å². The van der Waals surface area contributed by atoms with E-state index >= 15 is 0 Å². The average molecular weight is 379 g/mol. The van der Waals surface area contributed by atoms with Crippen molar-refractivity contribution in [2.45, 2.75) is 57.2 Å². The molecule has 2 aromatic carbocycles. The third-order valence-corrected chi connectivity index (χ3v) is 6.06. The van der Waals surface area contributed by atoms with Crippen LogP contribution in [-0.2, 0) is 6.54 Å². The van der Waals surface area contributed by atoms with Gasteiger partial charge < -0.3 is 10.4 Å². The Morgan fingerprint density at radius 3 is 2.46 bits per heavy atom. The molecule has 2 N–H and O–H groups in total. The highest BCUT2D eigenvalue weighted by Gasteiger charge is 2.24. The lowest BCUT2D eigenvalue weighted by atomic mass is 9.92. The van der Waals surface area contributed by atoms with Crippen LogP contribution in [-0.4, -0.2) is 41.1 Å². The summed E-state index contributed by atoms with van der Waals surface area (Å²) < 4.78 is 0. The van der Waals surface area contributed by atoms with Crippen LogP contribution < -0.4 is 5.32 Å². The molecule has 1 saturated heterocycles. The summed E-state index contributed by atoms with van der Waals surface area (Å²) in [6.45, 7) is 3.41. The molecule has 148 valence electrons. The number of aliphatic hydroxyl groups is 1. The Balaban J connectivity index is 1.42. The molecular formula is C24H30N2O2. The molecule has 4 heteroatoms. The number of likely N-dealkylation sites (tertiary alicyclic amines) is 1. The van der Waals surface area contributed by atoms with E-state index in [1.165, 1.54) is 37.1 Å². The Labute approximate surface area is 167 Å². The van der Waals surface area contributed by atoms with Crippen molar-refractivity contribution in [3.63, 3.8) is 0 Å². The zero-order chi connectivity index (χ0) is 19.3. The number of hydrogen-bond donors (Lipinski definition) is 2. The standard InChI is InChI=1S/C24H30N2O2/c27-23-9-2-1-8-22(23)25-24(28)20-12-10-19(11-13-20)21-7-5-6-18(16-21)17-26-14-3-4-15-26/h5-7,10-13,16,22-23,27H,1-4,8-9,14-15,17H2,(H,25,28)/t22-,23-/m0/s1. The van der Waals surface area contributed by atoms with Gasteiger partial charge in [0, 0.05) is 12.1 Å². The maximum atomic E-state index is 12.5. The van der Waals surface area contributed by atoms with Crippen molar-refractivity contribution >= 4 is 5.91 Å². The molecule has 28 heavy (non-hydrogen) atoms. The van der Waals surface area contributed by atoms with Crippen LogP contribution in [0.4, 0.5) is 0 Å². The molecule has 2 fully saturated rings. The van der Waals surface area contributed by atoms with Gasteiger partial charge in [0.05, 0.1) is 12.1 Å². The van der Waals surface area contributed by atoms with Crippen molar-refractivity contribution in [1.29, 1.82) is 0 Å². The molecular weight excluding hydrogens is 348 g/mol. The number of carbonyl (C=O) groups is 1. The zero-order valence-electron chi connectivity index (χ0n) is 16.4. The summed E-state index contributed by atoms with van der Waals surface area (Å²) in [6.07, 6.45) is 5.93. The molecule has 4 rings (SSSR count). The first-order valence-corrected chi connectivity index (χ1v) is 10.6. The highest BCUT2D eigenvalue weighted by Crippen LogP contribution is 2.23. The number of nitrogens with zero attached hydrogens (tertiary/aromatic N) is 1. The molecule has 1 amide bonds. The van der Waals surface area contributed by atoms with Gasteiger partial charge >= 0.3 is 0 Å². The zero-order valence-corrected chi connectivity index (χ0v) is 16.4. The van der Waals surface area contributed by atoms with Gasteiger partial charge in [-0.3, -0.25) is 9.69 Å². The lowest BCUT2D eigenvalue weighted by Gasteiger charge is -2.28. The highest BCUT2D eigenvalue weighted by atomic mass is 16.3. The second-order valence-corrected chi connectivity index (χ2v) is 8.19. The summed E-state index contributed by atoms with van der Waals surface area (Å²) in [5.74, 6) is -0.0970. The summed E-state index contributed by atoms with van der Waals surface area (Å²) in [7, 11) is 0. The number of hydrogen-bond acceptors (Lipinski definition) is 3. The number of benzene rings is 2. The molecule has 1 heterocycles. The van der Waals surface area contributed by atoms with Crippen LogP contribution in [0.25, 0.3) is 11.1 Å². The van der Waals surface area contributed by atoms with Crippen LogP contribution in [0.3, 0.4) is 0 Å². The summed E-state index contributed by atoms with van der Waals surface area (Å²) in [5, 5.41) is 13.1. The Kier molecular flexibility index (Phi) is 6.08. The van der Waals surface area contributed by atoms with E-state index in [0.717, 1.165) is 37.8 Å². The van der Waals surface area contributed by atoms with Crippen LogP contribution in [0.5, 0.6) is 0 Å². The largest absolute Gasteiger partial charge is 0.391 e. The van der Waals surface area contributed by atoms with Crippen molar-refractivity contribution in [1.82, 2.24) is 10.2 Å². The van der Waals surface area contributed by atoms with Gasteiger partial charge in [0.15, 0.2) is 0 Å². The smallest absolute Gasteiger partial charge is 0.251 e. The summed E-state index contributed by atoms with van der Waals surface area (Å²) in [5.41, 5.74) is 4.30. The van der Waals surface area contributed by atoms with Crippen molar-refractivity contribution in [2.24, 2.45) is 0 Å². The summed E-state index contributed by atoms with van der Waals surface area (Å²) in [4.78, 5) is 15.0. The van der Waals surface area contributed by atoms with E-state index in [2.05, 4.69) is 34.5 Å². The third kappa shape index (κ3) is 4.62. The second-order valence-electron chi connectivity index (χ2n) is 8.19. The van der Waals surface area contributed by atoms with Gasteiger partial charge in [-0.1, -0.05) is 43.2 Å². The van der Waals surface area contributed by atoms with Crippen LogP contribution in [0.1, 0.15) is 54.4 Å². The molecule has 2 aliphatic rings. The maximum Gasteiger partial charge on any atom is 0.251 e. The monoisotopic (exact) mass is 378 g/mol. The van der Waals surface area contributed by atoms with Crippen LogP contribution in [0, 0.1) is 0 Å². The first-order chi connectivity index (χ1) is 13.7. The summed E-state index contributed by atoms with van der Waals surface area (Å²) in [6, 6.07) is 16.4. The number of nitrogens with one attached hydrogen (secondary N) is 1. The van der Waals surface area contributed by atoms with Gasteiger partial charge in [0.1, 0.15) is 0 Å². The Hall–Kier alpha value is -2.17. The van der Waals surface area contributed by atoms with E-state index < -0.39 is 6.10 Å². The molecule has 4 nitrogen and oxygen atoms in total. The molecule has 0 radical (unpaired) electrons. The van der Waals surface area contributed by atoms with Crippen molar-refractivity contribution in [3.8, 4) is 11.1 Å².